The Kier molecular flexibility index (Phi) is 29.5. The molecule has 0 aromatic heterocycles. The SMILES string of the molecule is CC(C)CCN(C)C1CCN(C(C)C)CC1.CC(C)CCN(C)C1CCN(C(C)C)CC1.CC(C)CCN(C)C1CN(C(C)C)C1.CC(C)CCOC1CN(C(C)C)C1. The average Bonchev–Trinajstić information content (AvgIpc) is 3.12. The largest absolute Gasteiger partial charge is 0.376 e. The van der Waals surface area contributed by atoms with Crippen molar-refractivity contribution < 1.29 is 4.74 Å². The van der Waals surface area contributed by atoms with Gasteiger partial charge in [-0.25, -0.2) is 0 Å². The zero-order valence-electron chi connectivity index (χ0n) is 43.6. The minimum atomic E-state index is 0.515. The number of likely N-dealkylation sites (tertiary alicyclic amines) is 4. The normalized spacial score (nSPS) is 20.0. The predicted molar refractivity (Wildman–Crippen MR) is 262 cm³/mol. The van der Waals surface area contributed by atoms with E-state index in [0.29, 0.717) is 12.1 Å². The Morgan fingerprint density at radius 1 is 0.390 bits per heavy atom. The molecule has 4 heterocycles. The average molecular weight is 836 g/mol. The van der Waals surface area contributed by atoms with Gasteiger partial charge in [-0.15, -0.1) is 0 Å². The summed E-state index contributed by atoms with van der Waals surface area (Å²) < 4.78 is 5.73. The maximum atomic E-state index is 5.73. The fourth-order valence-corrected chi connectivity index (χ4v) is 8.27. The Bertz CT molecular complexity index is 930. The van der Waals surface area contributed by atoms with E-state index in [4.69, 9.17) is 4.74 Å². The van der Waals surface area contributed by atoms with Gasteiger partial charge in [0.2, 0.25) is 0 Å². The molecule has 0 unspecified atom stereocenters. The molecule has 0 radical (unpaired) electrons. The van der Waals surface area contributed by atoms with Gasteiger partial charge in [-0.1, -0.05) is 55.4 Å². The lowest BCUT2D eigenvalue weighted by Crippen LogP contribution is -2.60. The molecule has 0 aliphatic carbocycles. The third-order valence-electron chi connectivity index (χ3n) is 13.8. The fraction of sp³-hybridized carbons (Fsp3) is 1.00. The van der Waals surface area contributed by atoms with Gasteiger partial charge in [0.25, 0.3) is 0 Å². The molecule has 0 amide bonds. The molecule has 0 saturated carbocycles. The van der Waals surface area contributed by atoms with Gasteiger partial charge < -0.3 is 29.2 Å². The van der Waals surface area contributed by atoms with Crippen LogP contribution in [0.1, 0.15) is 162 Å². The molecule has 59 heavy (non-hydrogen) atoms. The molecule has 0 aromatic carbocycles. The van der Waals surface area contributed by atoms with Crippen LogP contribution in [-0.4, -0.2) is 182 Å². The Morgan fingerprint density at radius 3 is 0.966 bits per heavy atom. The summed E-state index contributed by atoms with van der Waals surface area (Å²) in [6, 6.07) is 5.33. The summed E-state index contributed by atoms with van der Waals surface area (Å²) in [4.78, 5) is 17.9. The fourth-order valence-electron chi connectivity index (χ4n) is 8.27. The lowest BCUT2D eigenvalue weighted by atomic mass is 10.0. The minimum Gasteiger partial charge on any atom is -0.376 e. The van der Waals surface area contributed by atoms with Gasteiger partial charge in [-0.2, -0.15) is 0 Å². The van der Waals surface area contributed by atoms with Crippen LogP contribution in [0.5, 0.6) is 0 Å². The number of ether oxygens (including phenoxy) is 1. The van der Waals surface area contributed by atoms with E-state index in [2.05, 4.69) is 166 Å². The molecular weight excluding hydrogens is 727 g/mol. The summed E-state index contributed by atoms with van der Waals surface area (Å²) in [5.41, 5.74) is 0. The molecule has 0 bridgehead atoms. The quantitative estimate of drug-likeness (QED) is 0.120. The first kappa shape index (κ1) is 56.7. The number of likely N-dealkylation sites (N-methyl/N-ethyl adjacent to an activating group) is 1. The highest BCUT2D eigenvalue weighted by Gasteiger charge is 2.31. The van der Waals surface area contributed by atoms with Crippen molar-refractivity contribution in [2.45, 2.75) is 211 Å². The van der Waals surface area contributed by atoms with E-state index >= 15 is 0 Å². The molecule has 0 aromatic rings. The Morgan fingerprint density at radius 2 is 0.678 bits per heavy atom. The Labute approximate surface area is 371 Å². The van der Waals surface area contributed by atoms with Gasteiger partial charge in [0.05, 0.1) is 6.10 Å². The number of piperidine rings is 2. The van der Waals surface area contributed by atoms with E-state index in [1.165, 1.54) is 110 Å². The van der Waals surface area contributed by atoms with Crippen LogP contribution in [0.3, 0.4) is 0 Å². The standard InChI is InChI=1S/2C14H30N2.C12H26N2.C11H23NO/c2*1-12(2)6-9-15(5)14-7-10-16(11-8-14)13(3)4;1-10(2)6-7-13(5)12-8-14(9-12)11(3)4;1-9(2)5-6-13-11-7-12(8-11)10(3)4/h2*12-14H,6-11H2,1-5H3;10-12H,6-9H2,1-5H3;9-11H,5-8H2,1-4H3. The molecule has 0 N–H and O–H groups in total. The van der Waals surface area contributed by atoms with Gasteiger partial charge in [0, 0.05) is 75.1 Å². The highest BCUT2D eigenvalue weighted by Crippen LogP contribution is 2.21. The van der Waals surface area contributed by atoms with E-state index < -0.39 is 0 Å². The van der Waals surface area contributed by atoms with E-state index in [-0.39, 0.29) is 0 Å². The summed E-state index contributed by atoms with van der Waals surface area (Å²) in [5, 5.41) is 0. The van der Waals surface area contributed by atoms with E-state index in [1.807, 2.05) is 0 Å². The third-order valence-corrected chi connectivity index (χ3v) is 13.8. The van der Waals surface area contributed by atoms with Crippen LogP contribution in [-0.2, 0) is 4.74 Å². The molecule has 8 nitrogen and oxygen atoms in total. The number of hydrogen-bond donors (Lipinski definition) is 0. The monoisotopic (exact) mass is 836 g/mol. The zero-order chi connectivity index (χ0) is 44.8. The van der Waals surface area contributed by atoms with Crippen molar-refractivity contribution in [3.05, 3.63) is 0 Å². The van der Waals surface area contributed by atoms with Gasteiger partial charge >= 0.3 is 0 Å². The first-order valence-corrected chi connectivity index (χ1v) is 25.3. The molecule has 0 spiro atoms. The smallest absolute Gasteiger partial charge is 0.0828 e. The molecule has 0 atom stereocenters. The number of nitrogens with zero attached hydrogens (tertiary/aromatic N) is 7. The summed E-state index contributed by atoms with van der Waals surface area (Å²) in [6.07, 6.45) is 11.1. The summed E-state index contributed by atoms with van der Waals surface area (Å²) >= 11 is 0. The van der Waals surface area contributed by atoms with Crippen molar-refractivity contribution in [2.75, 3.05) is 99.7 Å². The second kappa shape index (κ2) is 30.7. The van der Waals surface area contributed by atoms with Gasteiger partial charge in [-0.3, -0.25) is 9.80 Å². The van der Waals surface area contributed by atoms with E-state index in [1.54, 1.807) is 0 Å². The van der Waals surface area contributed by atoms with Crippen molar-refractivity contribution in [3.63, 3.8) is 0 Å². The van der Waals surface area contributed by atoms with Crippen molar-refractivity contribution in [1.82, 2.24) is 34.3 Å². The van der Waals surface area contributed by atoms with Crippen LogP contribution in [0.25, 0.3) is 0 Å². The molecule has 8 heteroatoms. The first-order valence-electron chi connectivity index (χ1n) is 25.3. The van der Waals surface area contributed by atoms with Gasteiger partial charge in [0.1, 0.15) is 0 Å². The highest BCUT2D eigenvalue weighted by molar-refractivity contribution is 4.88. The number of hydrogen-bond acceptors (Lipinski definition) is 8. The van der Waals surface area contributed by atoms with E-state index in [0.717, 1.165) is 79.6 Å². The highest BCUT2D eigenvalue weighted by atomic mass is 16.5. The Hall–Kier alpha value is -0.320. The summed E-state index contributed by atoms with van der Waals surface area (Å²) in [7, 11) is 6.88. The summed E-state index contributed by atoms with van der Waals surface area (Å²) in [5.74, 6) is 3.26. The zero-order valence-corrected chi connectivity index (χ0v) is 43.6. The molecule has 4 saturated heterocycles. The van der Waals surface area contributed by atoms with Gasteiger partial charge in [0.15, 0.2) is 0 Å². The molecule has 4 rings (SSSR count). The van der Waals surface area contributed by atoms with Crippen LogP contribution in [0.4, 0.5) is 0 Å². The lowest BCUT2D eigenvalue weighted by Gasteiger charge is -2.46. The lowest BCUT2D eigenvalue weighted by molar-refractivity contribution is -0.0686. The molecule has 4 fully saturated rings. The van der Waals surface area contributed by atoms with Crippen LogP contribution in [0.2, 0.25) is 0 Å². The first-order chi connectivity index (χ1) is 27.6. The van der Waals surface area contributed by atoms with Crippen LogP contribution >= 0.6 is 0 Å². The molecule has 4 aliphatic rings. The van der Waals surface area contributed by atoms with Crippen LogP contribution < -0.4 is 0 Å². The Balaban J connectivity index is 0.000000395. The van der Waals surface area contributed by atoms with Crippen molar-refractivity contribution >= 4 is 0 Å². The maximum Gasteiger partial charge on any atom is 0.0828 e. The van der Waals surface area contributed by atoms with Crippen molar-refractivity contribution in [2.24, 2.45) is 23.7 Å². The second-order valence-electron chi connectivity index (χ2n) is 22.1. The van der Waals surface area contributed by atoms with Crippen molar-refractivity contribution in [3.8, 4) is 0 Å². The summed E-state index contributed by atoms with van der Waals surface area (Å²) in [6.45, 7) is 51.3. The maximum absolute atomic E-state index is 5.73. The molecular formula is C51H109N7O. The number of rotatable bonds is 20. The molecule has 354 valence electrons. The van der Waals surface area contributed by atoms with Gasteiger partial charge in [-0.05, 0) is 197 Å². The topological polar surface area (TPSA) is 31.9 Å². The second-order valence-corrected chi connectivity index (χ2v) is 22.1. The predicted octanol–water partition coefficient (Wildman–Crippen LogP) is 9.87. The van der Waals surface area contributed by atoms with Crippen LogP contribution in [0, 0.1) is 23.7 Å². The minimum absolute atomic E-state index is 0.515. The van der Waals surface area contributed by atoms with Crippen LogP contribution in [0.15, 0.2) is 0 Å². The van der Waals surface area contributed by atoms with E-state index in [9.17, 15) is 0 Å². The molecule has 4 aliphatic heterocycles. The van der Waals surface area contributed by atoms with Crippen molar-refractivity contribution in [1.29, 1.82) is 0 Å². The third kappa shape index (κ3) is 24.9.